The Kier molecular flexibility index (Phi) is 5.26. The first kappa shape index (κ1) is 25.2. The zero-order valence-electron chi connectivity index (χ0n) is 33.9. The molecule has 3 heterocycles. The molecule has 1 aliphatic rings. The average molecular weight is 685 g/mol. The summed E-state index contributed by atoms with van der Waals surface area (Å²) < 4.78 is 47.8. The fraction of sp³-hybridized carbons (Fsp3) is 0.0625. The van der Waals surface area contributed by atoms with Crippen molar-refractivity contribution < 1.29 is 6.85 Å². The van der Waals surface area contributed by atoms with Gasteiger partial charge < -0.3 is 4.57 Å². The van der Waals surface area contributed by atoms with Crippen molar-refractivity contribution in [1.82, 2.24) is 24.1 Å². The molecule has 0 radical (unpaired) electrons. The Hall–Kier alpha value is -6.85. The van der Waals surface area contributed by atoms with Crippen molar-refractivity contribution in [2.45, 2.75) is 19.3 Å². The van der Waals surface area contributed by atoms with Gasteiger partial charge in [-0.2, -0.15) is 9.97 Å². The largest absolute Gasteiger partial charge is 0.307 e. The number of benzene rings is 7. The summed E-state index contributed by atoms with van der Waals surface area (Å²) in [7, 11) is 0. The molecule has 250 valence electrons. The molecule has 1 aliphatic carbocycles. The Balaban J connectivity index is 1.28. The summed E-state index contributed by atoms with van der Waals surface area (Å²) >= 11 is 0. The molecule has 5 nitrogen and oxygen atoms in total. The van der Waals surface area contributed by atoms with E-state index in [4.69, 9.17) is 21.8 Å². The van der Waals surface area contributed by atoms with Gasteiger partial charge in [0.15, 0.2) is 11.6 Å². The standard InChI is InChI=1S/C48H33N5/c1-48(2)39-22-12-9-19-33(39)38-29-31(25-28-40(38)48)46-49-45(30-15-5-3-6-16-30)50-47(51-46)53-42-24-14-11-21-35(42)37-27-26-36-34-20-10-13-23-41(34)52(43(36)44(37)53)32-17-7-4-8-18-32/h3-29H,1-2H3/i3D,5D,6D,15D,16D. The molecule has 5 heteroatoms. The molecule has 0 unspecified atom stereocenters. The maximum atomic E-state index is 8.99. The molecule has 11 rings (SSSR count). The molecule has 3 aromatic heterocycles. The number of rotatable bonds is 4. The number of nitrogens with zero attached hydrogens (tertiary/aromatic N) is 5. The minimum atomic E-state index is -0.480. The molecule has 0 saturated carbocycles. The molecule has 10 aromatic rings. The van der Waals surface area contributed by atoms with Gasteiger partial charge in [0.2, 0.25) is 5.95 Å². The van der Waals surface area contributed by atoms with E-state index in [0.29, 0.717) is 11.4 Å². The summed E-state index contributed by atoms with van der Waals surface area (Å²) in [5.41, 5.74) is 9.79. The van der Waals surface area contributed by atoms with Crippen LogP contribution in [0.3, 0.4) is 0 Å². The van der Waals surface area contributed by atoms with E-state index < -0.39 is 18.1 Å². The Labute approximate surface area is 313 Å². The Morgan fingerprint density at radius 2 is 1.08 bits per heavy atom. The van der Waals surface area contributed by atoms with E-state index in [0.717, 1.165) is 60.4 Å². The van der Waals surface area contributed by atoms with Gasteiger partial charge in [0, 0.05) is 43.8 Å². The molecule has 0 saturated heterocycles. The van der Waals surface area contributed by atoms with E-state index in [1.54, 1.807) is 0 Å². The van der Waals surface area contributed by atoms with E-state index in [9.17, 15) is 0 Å². The van der Waals surface area contributed by atoms with Crippen LogP contribution in [0.1, 0.15) is 31.8 Å². The van der Waals surface area contributed by atoms with Gasteiger partial charge in [-0.15, -0.1) is 0 Å². The summed E-state index contributed by atoms with van der Waals surface area (Å²) in [6, 6.07) is 43.6. The van der Waals surface area contributed by atoms with Crippen LogP contribution in [0.15, 0.2) is 164 Å². The van der Waals surface area contributed by atoms with Gasteiger partial charge in [-0.1, -0.05) is 147 Å². The normalized spacial score (nSPS) is 14.6. The monoisotopic (exact) mass is 684 g/mol. The lowest BCUT2D eigenvalue weighted by molar-refractivity contribution is 0.660. The van der Waals surface area contributed by atoms with Crippen molar-refractivity contribution in [3.8, 4) is 45.5 Å². The van der Waals surface area contributed by atoms with Crippen molar-refractivity contribution in [1.29, 1.82) is 0 Å². The second kappa shape index (κ2) is 11.1. The van der Waals surface area contributed by atoms with Crippen LogP contribution in [0.4, 0.5) is 0 Å². The molecule has 7 aromatic carbocycles. The van der Waals surface area contributed by atoms with Crippen LogP contribution in [0, 0.1) is 0 Å². The third-order valence-electron chi connectivity index (χ3n) is 10.9. The first-order valence-electron chi connectivity index (χ1n) is 20.2. The molecule has 0 atom stereocenters. The van der Waals surface area contributed by atoms with E-state index in [-0.39, 0.29) is 34.8 Å². The van der Waals surface area contributed by atoms with Crippen molar-refractivity contribution in [3.63, 3.8) is 0 Å². The molecular formula is C48H33N5. The topological polar surface area (TPSA) is 48.5 Å². The van der Waals surface area contributed by atoms with Crippen LogP contribution < -0.4 is 0 Å². The number of aromatic nitrogens is 5. The summed E-state index contributed by atoms with van der Waals surface area (Å²) in [6.45, 7) is 4.46. The predicted octanol–water partition coefficient (Wildman–Crippen LogP) is 11.7. The summed E-state index contributed by atoms with van der Waals surface area (Å²) in [4.78, 5) is 15.3. The second-order valence-electron chi connectivity index (χ2n) is 14.1. The fourth-order valence-electron chi connectivity index (χ4n) is 8.48. The molecule has 0 aliphatic heterocycles. The van der Waals surface area contributed by atoms with Crippen molar-refractivity contribution in [3.05, 3.63) is 175 Å². The second-order valence-corrected chi connectivity index (χ2v) is 14.1. The highest BCUT2D eigenvalue weighted by Crippen LogP contribution is 2.49. The van der Waals surface area contributed by atoms with Gasteiger partial charge in [0.1, 0.15) is 0 Å². The molecule has 53 heavy (non-hydrogen) atoms. The highest BCUT2D eigenvalue weighted by atomic mass is 15.2. The Morgan fingerprint density at radius 3 is 1.81 bits per heavy atom. The van der Waals surface area contributed by atoms with Gasteiger partial charge in [0.25, 0.3) is 0 Å². The number of hydrogen-bond donors (Lipinski definition) is 0. The van der Waals surface area contributed by atoms with E-state index in [1.807, 2.05) is 59.2 Å². The van der Waals surface area contributed by atoms with Gasteiger partial charge in [-0.25, -0.2) is 4.98 Å². The minimum absolute atomic E-state index is 0.0139. The zero-order valence-corrected chi connectivity index (χ0v) is 28.9. The van der Waals surface area contributed by atoms with Crippen LogP contribution in [-0.2, 0) is 5.41 Å². The van der Waals surface area contributed by atoms with Crippen LogP contribution in [-0.4, -0.2) is 24.1 Å². The van der Waals surface area contributed by atoms with Crippen LogP contribution in [0.25, 0.3) is 89.2 Å². The molecule has 0 N–H and O–H groups in total. The predicted molar refractivity (Wildman–Crippen MR) is 217 cm³/mol. The SMILES string of the molecule is [2H]c1c([2H])c([2H])c(-c2nc(-c3ccc4c(c3)-c3ccccc3C4(C)C)nc(-n3c4ccccc4c4ccc5c6ccccc6n(-c6ccccc6)c5c43)n2)c([2H])c1[2H]. The van der Waals surface area contributed by atoms with Crippen molar-refractivity contribution in [2.75, 3.05) is 0 Å². The summed E-state index contributed by atoms with van der Waals surface area (Å²) in [6.07, 6.45) is 0. The minimum Gasteiger partial charge on any atom is -0.307 e. The molecule has 0 spiro atoms. The average Bonchev–Trinajstić information content (AvgIpc) is 3.86. The van der Waals surface area contributed by atoms with Crippen molar-refractivity contribution in [2.24, 2.45) is 0 Å². The highest BCUT2D eigenvalue weighted by Gasteiger charge is 2.35. The Morgan fingerprint density at radius 1 is 0.491 bits per heavy atom. The first-order chi connectivity index (χ1) is 28.1. The van der Waals surface area contributed by atoms with Crippen LogP contribution in [0.2, 0.25) is 0 Å². The van der Waals surface area contributed by atoms with Gasteiger partial charge in [-0.3, -0.25) is 4.57 Å². The molecular weight excluding hydrogens is 647 g/mol. The number of fused-ring (bicyclic) bond motifs is 10. The van der Waals surface area contributed by atoms with E-state index in [1.165, 1.54) is 11.1 Å². The lowest BCUT2D eigenvalue weighted by Gasteiger charge is -2.21. The first-order valence-corrected chi connectivity index (χ1v) is 17.7. The smallest absolute Gasteiger partial charge is 0.238 e. The van der Waals surface area contributed by atoms with E-state index >= 15 is 0 Å². The highest BCUT2D eigenvalue weighted by molar-refractivity contribution is 6.23. The third-order valence-corrected chi connectivity index (χ3v) is 10.9. The van der Waals surface area contributed by atoms with Crippen LogP contribution >= 0.6 is 0 Å². The van der Waals surface area contributed by atoms with Crippen LogP contribution in [0.5, 0.6) is 0 Å². The molecule has 0 fully saturated rings. The Bertz CT molecular complexity index is 3360. The van der Waals surface area contributed by atoms with E-state index in [2.05, 4.69) is 97.3 Å². The zero-order chi connectivity index (χ0) is 39.6. The lowest BCUT2D eigenvalue weighted by atomic mass is 9.82. The molecule has 0 amide bonds. The summed E-state index contributed by atoms with van der Waals surface area (Å²) in [5, 5.41) is 4.13. The summed E-state index contributed by atoms with van der Waals surface area (Å²) in [5.74, 6) is 0.565. The quantitative estimate of drug-likeness (QED) is 0.185. The maximum absolute atomic E-state index is 8.99. The third kappa shape index (κ3) is 4.28. The number of hydrogen-bond acceptors (Lipinski definition) is 3. The van der Waals surface area contributed by atoms with Gasteiger partial charge >= 0.3 is 0 Å². The lowest BCUT2D eigenvalue weighted by Crippen LogP contribution is -2.14. The van der Waals surface area contributed by atoms with Gasteiger partial charge in [0.05, 0.1) is 28.9 Å². The van der Waals surface area contributed by atoms with Crippen molar-refractivity contribution >= 4 is 43.6 Å². The van der Waals surface area contributed by atoms with Gasteiger partial charge in [-0.05, 0) is 52.6 Å². The number of para-hydroxylation sites is 3. The fourth-order valence-corrected chi connectivity index (χ4v) is 8.48. The maximum Gasteiger partial charge on any atom is 0.238 e. The molecule has 0 bridgehead atoms.